The van der Waals surface area contributed by atoms with E-state index in [4.69, 9.17) is 0 Å². The van der Waals surface area contributed by atoms with Crippen LogP contribution >= 0.6 is 0 Å². The van der Waals surface area contributed by atoms with E-state index in [1.165, 1.54) is 24.1 Å². The summed E-state index contributed by atoms with van der Waals surface area (Å²) in [7, 11) is 0. The van der Waals surface area contributed by atoms with Gasteiger partial charge < -0.3 is 0 Å². The number of hydrogen-bond acceptors (Lipinski definition) is 3. The highest BCUT2D eigenvalue weighted by atomic mass is 14.9. The van der Waals surface area contributed by atoms with E-state index in [-0.39, 0.29) is 0 Å². The zero-order valence-corrected chi connectivity index (χ0v) is 8.98. The summed E-state index contributed by atoms with van der Waals surface area (Å²) in [5.41, 5.74) is 3.31. The third-order valence-electron chi connectivity index (χ3n) is 2.89. The van der Waals surface area contributed by atoms with Gasteiger partial charge >= 0.3 is 0 Å². The zero-order valence-electron chi connectivity index (χ0n) is 8.98. The molecule has 2 aromatic heterocycles. The number of pyridine rings is 1. The summed E-state index contributed by atoms with van der Waals surface area (Å²) in [6.45, 7) is 0. The highest BCUT2D eigenvalue weighted by Gasteiger charge is 2.12. The maximum absolute atomic E-state index is 4.60. The second kappa shape index (κ2) is 4.00. The molecular formula is C13H12N3. The molecular weight excluding hydrogens is 198 g/mol. The van der Waals surface area contributed by atoms with Gasteiger partial charge in [-0.05, 0) is 43.4 Å². The molecule has 16 heavy (non-hydrogen) atoms. The summed E-state index contributed by atoms with van der Waals surface area (Å²) in [6.07, 6.45) is 8.18. The lowest BCUT2D eigenvalue weighted by Crippen LogP contribution is -2.06. The fraction of sp³-hybridized carbons (Fsp3) is 0.308. The Kier molecular flexibility index (Phi) is 2.37. The number of fused-ring (bicyclic) bond motifs is 1. The highest BCUT2D eigenvalue weighted by molar-refractivity contribution is 5.49. The van der Waals surface area contributed by atoms with Gasteiger partial charge in [0.15, 0.2) is 5.82 Å². The molecule has 2 aromatic rings. The van der Waals surface area contributed by atoms with Crippen LogP contribution < -0.4 is 0 Å². The van der Waals surface area contributed by atoms with Crippen molar-refractivity contribution in [2.45, 2.75) is 25.7 Å². The summed E-state index contributed by atoms with van der Waals surface area (Å²) >= 11 is 0. The van der Waals surface area contributed by atoms with Gasteiger partial charge in [-0.2, -0.15) is 0 Å². The quantitative estimate of drug-likeness (QED) is 0.724. The standard InChI is InChI=1S/C13H12N3/c1-2-5-11-10(4-1)6-7-12(16-11)13-14-8-3-9-15-13/h3,6,8-9H,1-2,4-5H2. The minimum atomic E-state index is 0.663. The van der Waals surface area contributed by atoms with E-state index in [0.717, 1.165) is 18.5 Å². The molecule has 1 radical (unpaired) electrons. The summed E-state index contributed by atoms with van der Waals surface area (Å²) in [6, 6.07) is 7.03. The Morgan fingerprint density at radius 1 is 1.06 bits per heavy atom. The molecule has 0 aromatic carbocycles. The molecule has 0 saturated carbocycles. The maximum Gasteiger partial charge on any atom is 0.178 e. The largest absolute Gasteiger partial charge is 0.249 e. The van der Waals surface area contributed by atoms with Crippen molar-refractivity contribution in [1.82, 2.24) is 15.0 Å². The van der Waals surface area contributed by atoms with Crippen molar-refractivity contribution in [2.75, 3.05) is 0 Å². The first kappa shape index (κ1) is 9.46. The Bertz CT molecular complexity index is 494. The van der Waals surface area contributed by atoms with Gasteiger partial charge in [0.2, 0.25) is 0 Å². The van der Waals surface area contributed by atoms with Crippen LogP contribution in [0.2, 0.25) is 0 Å². The van der Waals surface area contributed by atoms with Crippen molar-refractivity contribution in [3.8, 4) is 11.5 Å². The van der Waals surface area contributed by atoms with Crippen LogP contribution in [0.1, 0.15) is 24.1 Å². The van der Waals surface area contributed by atoms with Crippen molar-refractivity contribution in [2.24, 2.45) is 0 Å². The molecule has 3 rings (SSSR count). The monoisotopic (exact) mass is 210 g/mol. The predicted octanol–water partition coefficient (Wildman–Crippen LogP) is 2.22. The number of aromatic nitrogens is 3. The SMILES string of the molecule is [c]1cc2c(nc1-c1ncccn1)CCCC2. The van der Waals surface area contributed by atoms with Crippen LogP contribution in [-0.2, 0) is 12.8 Å². The summed E-state index contributed by atoms with van der Waals surface area (Å²) in [5.74, 6) is 0.663. The van der Waals surface area contributed by atoms with Crippen molar-refractivity contribution >= 4 is 0 Å². The van der Waals surface area contributed by atoms with E-state index in [2.05, 4.69) is 21.0 Å². The third-order valence-corrected chi connectivity index (χ3v) is 2.89. The molecule has 3 nitrogen and oxygen atoms in total. The van der Waals surface area contributed by atoms with Gasteiger partial charge in [-0.25, -0.2) is 15.0 Å². The lowest BCUT2D eigenvalue weighted by atomic mass is 9.96. The van der Waals surface area contributed by atoms with Gasteiger partial charge in [0.05, 0.1) is 0 Å². The third kappa shape index (κ3) is 1.69. The average molecular weight is 210 g/mol. The molecule has 0 spiro atoms. The normalized spacial score (nSPS) is 14.5. The van der Waals surface area contributed by atoms with Crippen LogP contribution in [0.15, 0.2) is 24.5 Å². The summed E-state index contributed by atoms with van der Waals surface area (Å²) in [5, 5.41) is 0. The highest BCUT2D eigenvalue weighted by Crippen LogP contribution is 2.21. The molecule has 0 fully saturated rings. The average Bonchev–Trinajstić information content (AvgIpc) is 2.39. The Morgan fingerprint density at radius 3 is 2.75 bits per heavy atom. The molecule has 3 heteroatoms. The van der Waals surface area contributed by atoms with E-state index >= 15 is 0 Å². The van der Waals surface area contributed by atoms with Crippen LogP contribution in [0.5, 0.6) is 0 Å². The molecule has 1 aliphatic carbocycles. The predicted molar refractivity (Wildman–Crippen MR) is 60.7 cm³/mol. The van der Waals surface area contributed by atoms with E-state index in [1.807, 2.05) is 12.1 Å². The van der Waals surface area contributed by atoms with Crippen molar-refractivity contribution in [3.63, 3.8) is 0 Å². The molecule has 0 N–H and O–H groups in total. The second-order valence-corrected chi connectivity index (χ2v) is 4.00. The van der Waals surface area contributed by atoms with E-state index < -0.39 is 0 Å². The fourth-order valence-electron chi connectivity index (χ4n) is 2.05. The molecule has 0 bridgehead atoms. The first-order chi connectivity index (χ1) is 7.93. The van der Waals surface area contributed by atoms with Gasteiger partial charge in [0.25, 0.3) is 0 Å². The Balaban J connectivity index is 2.03. The molecule has 0 unspecified atom stereocenters. The van der Waals surface area contributed by atoms with E-state index in [0.29, 0.717) is 5.82 Å². The van der Waals surface area contributed by atoms with Crippen molar-refractivity contribution in [1.29, 1.82) is 0 Å². The molecule has 0 atom stereocenters. The Hall–Kier alpha value is -1.77. The van der Waals surface area contributed by atoms with Gasteiger partial charge in [0, 0.05) is 24.2 Å². The van der Waals surface area contributed by atoms with Crippen LogP contribution in [0, 0.1) is 6.07 Å². The number of hydrogen-bond donors (Lipinski definition) is 0. The first-order valence-electron chi connectivity index (χ1n) is 5.61. The van der Waals surface area contributed by atoms with Gasteiger partial charge in [-0.1, -0.05) is 0 Å². The molecule has 79 valence electrons. The van der Waals surface area contributed by atoms with Crippen LogP contribution in [-0.4, -0.2) is 15.0 Å². The lowest BCUT2D eigenvalue weighted by Gasteiger charge is -2.14. The summed E-state index contributed by atoms with van der Waals surface area (Å²) < 4.78 is 0. The van der Waals surface area contributed by atoms with Crippen molar-refractivity contribution < 1.29 is 0 Å². The number of aryl methyl sites for hydroxylation is 2. The van der Waals surface area contributed by atoms with Crippen molar-refractivity contribution in [3.05, 3.63) is 41.9 Å². The van der Waals surface area contributed by atoms with Crippen LogP contribution in [0.3, 0.4) is 0 Å². The van der Waals surface area contributed by atoms with Gasteiger partial charge in [-0.15, -0.1) is 0 Å². The van der Waals surface area contributed by atoms with Crippen LogP contribution in [0.25, 0.3) is 11.5 Å². The fourth-order valence-corrected chi connectivity index (χ4v) is 2.05. The topological polar surface area (TPSA) is 38.7 Å². The Labute approximate surface area is 94.6 Å². The zero-order chi connectivity index (χ0) is 10.8. The molecule has 0 aliphatic heterocycles. The Morgan fingerprint density at radius 2 is 1.88 bits per heavy atom. The molecule has 0 amide bonds. The second-order valence-electron chi connectivity index (χ2n) is 4.00. The first-order valence-corrected chi connectivity index (χ1v) is 5.61. The molecule has 2 heterocycles. The molecule has 0 saturated heterocycles. The number of rotatable bonds is 1. The lowest BCUT2D eigenvalue weighted by molar-refractivity contribution is 0.668. The summed E-state index contributed by atoms with van der Waals surface area (Å²) in [4.78, 5) is 13.0. The van der Waals surface area contributed by atoms with Gasteiger partial charge in [0.1, 0.15) is 5.69 Å². The van der Waals surface area contributed by atoms with Gasteiger partial charge in [-0.3, -0.25) is 0 Å². The number of nitrogens with zero attached hydrogens (tertiary/aromatic N) is 3. The smallest absolute Gasteiger partial charge is 0.178 e. The van der Waals surface area contributed by atoms with E-state index in [1.54, 1.807) is 12.4 Å². The van der Waals surface area contributed by atoms with Crippen LogP contribution in [0.4, 0.5) is 0 Å². The van der Waals surface area contributed by atoms with E-state index in [9.17, 15) is 0 Å². The molecule has 1 aliphatic rings. The maximum atomic E-state index is 4.60. The minimum Gasteiger partial charge on any atom is -0.249 e. The minimum absolute atomic E-state index is 0.663.